The van der Waals surface area contributed by atoms with Crippen molar-refractivity contribution in [1.29, 1.82) is 0 Å². The van der Waals surface area contributed by atoms with Crippen molar-refractivity contribution in [3.05, 3.63) is 77.2 Å². The number of hydrogen-bond acceptors (Lipinski definition) is 7. The first-order valence-corrected chi connectivity index (χ1v) is 13.6. The molecule has 0 spiro atoms. The lowest BCUT2D eigenvalue weighted by Gasteiger charge is -2.28. The summed E-state index contributed by atoms with van der Waals surface area (Å²) in [7, 11) is 1.50. The molecule has 2 N–H and O–H groups in total. The number of ether oxygens (including phenoxy) is 1. The molecule has 1 unspecified atom stereocenters. The maximum atomic E-state index is 13.3. The van der Waals surface area contributed by atoms with Crippen molar-refractivity contribution in [2.45, 2.75) is 60.1 Å². The fourth-order valence-corrected chi connectivity index (χ4v) is 4.28. The second-order valence-electron chi connectivity index (χ2n) is 11.3. The highest BCUT2D eigenvalue weighted by molar-refractivity contribution is 6.04. The average molecular weight is 569 g/mol. The number of carbonyl (C=O) groups excluding carboxylic acids is 3. The molecule has 0 aliphatic rings. The van der Waals surface area contributed by atoms with E-state index in [4.69, 9.17) is 4.74 Å². The van der Waals surface area contributed by atoms with Gasteiger partial charge < -0.3 is 15.4 Å². The van der Waals surface area contributed by atoms with Crippen molar-refractivity contribution in [1.82, 2.24) is 19.9 Å². The smallest absolute Gasteiger partial charge is 0.410 e. The van der Waals surface area contributed by atoms with Crippen molar-refractivity contribution in [3.63, 3.8) is 0 Å². The van der Waals surface area contributed by atoms with E-state index < -0.39 is 29.6 Å². The van der Waals surface area contributed by atoms with Crippen LogP contribution in [0.25, 0.3) is 22.0 Å². The van der Waals surface area contributed by atoms with Gasteiger partial charge in [0.05, 0.1) is 5.52 Å². The van der Waals surface area contributed by atoms with Gasteiger partial charge in [0.2, 0.25) is 5.91 Å². The van der Waals surface area contributed by atoms with E-state index in [0.29, 0.717) is 5.56 Å². The van der Waals surface area contributed by atoms with Gasteiger partial charge in [-0.1, -0.05) is 12.1 Å². The van der Waals surface area contributed by atoms with Gasteiger partial charge in [-0.15, -0.1) is 0 Å². The third-order valence-electron chi connectivity index (χ3n) is 6.85. The molecule has 3 aromatic heterocycles. The highest BCUT2D eigenvalue weighted by atomic mass is 16.6. The van der Waals surface area contributed by atoms with Gasteiger partial charge in [-0.25, -0.2) is 9.78 Å². The number of likely N-dealkylation sites (N-methyl/N-ethyl adjacent to an activating group) is 1. The van der Waals surface area contributed by atoms with Crippen LogP contribution in [-0.2, 0) is 9.53 Å². The molecule has 4 aromatic rings. The van der Waals surface area contributed by atoms with E-state index in [9.17, 15) is 14.4 Å². The molecule has 0 saturated heterocycles. The third kappa shape index (κ3) is 6.88. The van der Waals surface area contributed by atoms with Crippen LogP contribution < -0.4 is 10.6 Å². The average Bonchev–Trinajstić information content (AvgIpc) is 2.92. The standard InChI is InChI=1S/C32H36N6O4/c1-18-11-12-24-23(10-9-13-33-24)28(18)22-15-26(36-29(39)21(4)38(8)31(41)42-32(5,6)7)35-27(16-22)37-30(40)25-14-19(2)20(3)17-34-25/h9-17,21H,1-8H3,(H2,35,36,37,39,40). The molecule has 10 heteroatoms. The second kappa shape index (κ2) is 11.9. The Hall–Kier alpha value is -4.86. The first-order valence-electron chi connectivity index (χ1n) is 13.6. The molecule has 4 rings (SSSR count). The minimum atomic E-state index is -0.869. The predicted octanol–water partition coefficient (Wildman–Crippen LogP) is 6.06. The van der Waals surface area contributed by atoms with Crippen LogP contribution >= 0.6 is 0 Å². The normalized spacial score (nSPS) is 12.0. The van der Waals surface area contributed by atoms with Crippen molar-refractivity contribution >= 4 is 40.4 Å². The molecule has 1 aromatic carbocycles. The first kappa shape index (κ1) is 30.1. The lowest BCUT2D eigenvalue weighted by Crippen LogP contribution is -2.45. The van der Waals surface area contributed by atoms with E-state index in [1.165, 1.54) is 11.9 Å². The number of aryl methyl sites for hydroxylation is 3. The first-order chi connectivity index (χ1) is 19.7. The minimum absolute atomic E-state index is 0.200. The fourth-order valence-electron chi connectivity index (χ4n) is 4.28. The molecule has 10 nitrogen and oxygen atoms in total. The zero-order valence-electron chi connectivity index (χ0n) is 25.2. The highest BCUT2D eigenvalue weighted by Gasteiger charge is 2.27. The van der Waals surface area contributed by atoms with Gasteiger partial charge in [-0.2, -0.15) is 0 Å². The Kier molecular flexibility index (Phi) is 8.56. The molecule has 3 heterocycles. The van der Waals surface area contributed by atoms with E-state index in [2.05, 4.69) is 25.6 Å². The minimum Gasteiger partial charge on any atom is -0.444 e. The van der Waals surface area contributed by atoms with Crippen LogP contribution in [0.15, 0.2) is 54.9 Å². The number of pyridine rings is 3. The lowest BCUT2D eigenvalue weighted by molar-refractivity contribution is -0.120. The number of benzene rings is 1. The van der Waals surface area contributed by atoms with Gasteiger partial charge in [0.15, 0.2) is 0 Å². The van der Waals surface area contributed by atoms with Gasteiger partial charge in [-0.3, -0.25) is 24.5 Å². The number of nitrogens with zero attached hydrogens (tertiary/aromatic N) is 4. The number of nitrogens with one attached hydrogen (secondary N) is 2. The zero-order valence-corrected chi connectivity index (χ0v) is 25.2. The van der Waals surface area contributed by atoms with Gasteiger partial charge in [0.1, 0.15) is 29.0 Å². The van der Waals surface area contributed by atoms with Crippen LogP contribution in [-0.4, -0.2) is 56.5 Å². The number of amides is 3. The van der Waals surface area contributed by atoms with Gasteiger partial charge in [0.25, 0.3) is 5.91 Å². The number of aromatic nitrogens is 3. The van der Waals surface area contributed by atoms with Gasteiger partial charge >= 0.3 is 6.09 Å². The SMILES string of the molecule is Cc1cnc(C(=O)Nc2cc(-c3c(C)ccc4ncccc34)cc(NC(=O)C(C)N(C)C(=O)OC(C)(C)C)n2)cc1C. The molecule has 0 aliphatic carbocycles. The third-order valence-corrected chi connectivity index (χ3v) is 6.85. The maximum absolute atomic E-state index is 13.3. The van der Waals surface area contributed by atoms with Crippen LogP contribution in [0.4, 0.5) is 16.4 Å². The van der Waals surface area contributed by atoms with Gasteiger partial charge in [0, 0.05) is 24.8 Å². The van der Waals surface area contributed by atoms with Crippen LogP contribution in [0, 0.1) is 20.8 Å². The number of fused-ring (bicyclic) bond motifs is 1. The van der Waals surface area contributed by atoms with E-state index in [1.54, 1.807) is 58.3 Å². The fraction of sp³-hybridized carbons (Fsp3) is 0.312. The molecule has 0 radical (unpaired) electrons. The van der Waals surface area contributed by atoms with Crippen molar-refractivity contribution in [2.24, 2.45) is 0 Å². The van der Waals surface area contributed by atoms with E-state index >= 15 is 0 Å². The number of carbonyl (C=O) groups is 3. The largest absolute Gasteiger partial charge is 0.444 e. The Morgan fingerprint density at radius 2 is 1.60 bits per heavy atom. The molecular formula is C32H36N6O4. The molecule has 0 fully saturated rings. The Morgan fingerprint density at radius 3 is 2.26 bits per heavy atom. The number of rotatable bonds is 6. The van der Waals surface area contributed by atoms with E-state index in [1.807, 2.05) is 45.0 Å². The van der Waals surface area contributed by atoms with Crippen molar-refractivity contribution < 1.29 is 19.1 Å². The summed E-state index contributed by atoms with van der Waals surface area (Å²) < 4.78 is 5.40. The molecule has 0 bridgehead atoms. The van der Waals surface area contributed by atoms with Gasteiger partial charge in [-0.05, 0) is 107 Å². The molecular weight excluding hydrogens is 532 g/mol. The van der Waals surface area contributed by atoms with Crippen LogP contribution in [0.3, 0.4) is 0 Å². The molecule has 218 valence electrons. The van der Waals surface area contributed by atoms with Crippen molar-refractivity contribution in [3.8, 4) is 11.1 Å². The predicted molar refractivity (Wildman–Crippen MR) is 163 cm³/mol. The highest BCUT2D eigenvalue weighted by Crippen LogP contribution is 2.34. The summed E-state index contributed by atoms with van der Waals surface area (Å²) in [4.78, 5) is 53.5. The topological polar surface area (TPSA) is 126 Å². The Bertz CT molecular complexity index is 1680. The number of anilines is 2. The number of hydrogen-bond donors (Lipinski definition) is 2. The van der Waals surface area contributed by atoms with Crippen molar-refractivity contribution in [2.75, 3.05) is 17.7 Å². The molecule has 0 saturated carbocycles. The van der Waals surface area contributed by atoms with Crippen LogP contribution in [0.2, 0.25) is 0 Å². The zero-order chi connectivity index (χ0) is 30.8. The summed E-state index contributed by atoms with van der Waals surface area (Å²) in [5, 5.41) is 6.54. The summed E-state index contributed by atoms with van der Waals surface area (Å²) in [6.07, 6.45) is 2.75. The molecule has 3 amide bonds. The summed E-state index contributed by atoms with van der Waals surface area (Å²) in [5.74, 6) is -0.487. The summed E-state index contributed by atoms with van der Waals surface area (Å²) >= 11 is 0. The summed E-state index contributed by atoms with van der Waals surface area (Å²) in [6, 6.07) is 12.1. The Morgan fingerprint density at radius 1 is 0.905 bits per heavy atom. The summed E-state index contributed by atoms with van der Waals surface area (Å²) in [6.45, 7) is 12.7. The van der Waals surface area contributed by atoms with Crippen LogP contribution in [0.5, 0.6) is 0 Å². The second-order valence-corrected chi connectivity index (χ2v) is 11.3. The Balaban J connectivity index is 1.72. The van der Waals surface area contributed by atoms with E-state index in [-0.39, 0.29) is 17.3 Å². The van der Waals surface area contributed by atoms with Crippen LogP contribution in [0.1, 0.15) is 54.9 Å². The maximum Gasteiger partial charge on any atom is 0.410 e. The monoisotopic (exact) mass is 568 g/mol. The molecule has 0 aliphatic heterocycles. The quantitative estimate of drug-likeness (QED) is 0.289. The Labute approximate surface area is 245 Å². The molecule has 42 heavy (non-hydrogen) atoms. The summed E-state index contributed by atoms with van der Waals surface area (Å²) in [5.41, 5.74) is 4.83. The molecule has 1 atom stereocenters. The van der Waals surface area contributed by atoms with E-state index in [0.717, 1.165) is 33.2 Å². The lowest BCUT2D eigenvalue weighted by atomic mass is 9.96.